The Labute approximate surface area is 161 Å². The molecule has 148 valence electrons. The maximum atomic E-state index is 13.4. The summed E-state index contributed by atoms with van der Waals surface area (Å²) in [5, 5.41) is 2.97. The number of imidazole rings is 1. The van der Waals surface area contributed by atoms with E-state index in [9.17, 15) is 17.6 Å². The van der Waals surface area contributed by atoms with Gasteiger partial charge in [0.1, 0.15) is 17.4 Å². The summed E-state index contributed by atoms with van der Waals surface area (Å²) in [6.45, 7) is 1.76. The number of alkyl halides is 3. The molecule has 10 heteroatoms. The molecule has 4 aromatic rings. The molecular formula is C19H13F4N5O. The second kappa shape index (κ2) is 7.04. The van der Waals surface area contributed by atoms with Crippen LogP contribution in [0.4, 0.5) is 29.1 Å². The van der Waals surface area contributed by atoms with E-state index in [0.717, 1.165) is 0 Å². The summed E-state index contributed by atoms with van der Waals surface area (Å²) in [5.41, 5.74) is 1.66. The van der Waals surface area contributed by atoms with E-state index in [1.165, 1.54) is 48.8 Å². The molecule has 0 radical (unpaired) electrons. The van der Waals surface area contributed by atoms with Gasteiger partial charge in [-0.15, -0.1) is 13.2 Å². The highest BCUT2D eigenvalue weighted by atomic mass is 19.4. The Balaban J connectivity index is 1.61. The minimum absolute atomic E-state index is 0.323. The van der Waals surface area contributed by atoms with Crippen LogP contribution in [0, 0.1) is 12.7 Å². The molecule has 0 unspecified atom stereocenters. The van der Waals surface area contributed by atoms with Gasteiger partial charge in [-0.3, -0.25) is 9.55 Å². The summed E-state index contributed by atoms with van der Waals surface area (Å²) in [5.74, 6) is 0.719. The maximum absolute atomic E-state index is 13.4. The number of anilines is 2. The monoisotopic (exact) mass is 403 g/mol. The fraction of sp³-hybridized carbons (Fsp3) is 0.105. The van der Waals surface area contributed by atoms with E-state index in [1.807, 2.05) is 0 Å². The first kappa shape index (κ1) is 18.7. The molecule has 1 N–H and O–H groups in total. The smallest absolute Gasteiger partial charge is 0.406 e. The van der Waals surface area contributed by atoms with Crippen molar-refractivity contribution in [2.45, 2.75) is 13.3 Å². The van der Waals surface area contributed by atoms with Crippen LogP contribution in [0.3, 0.4) is 0 Å². The van der Waals surface area contributed by atoms with E-state index in [1.54, 1.807) is 17.6 Å². The molecule has 0 bridgehead atoms. The van der Waals surface area contributed by atoms with E-state index in [4.69, 9.17) is 0 Å². The first-order chi connectivity index (χ1) is 13.8. The molecule has 6 nitrogen and oxygen atoms in total. The van der Waals surface area contributed by atoms with Crippen LogP contribution in [-0.2, 0) is 0 Å². The molecule has 2 aromatic carbocycles. The van der Waals surface area contributed by atoms with E-state index in [2.05, 4.69) is 25.0 Å². The van der Waals surface area contributed by atoms with E-state index in [-0.39, 0.29) is 11.6 Å². The topological polar surface area (TPSA) is 64.9 Å². The predicted octanol–water partition coefficient (Wildman–Crippen LogP) is 4.91. The van der Waals surface area contributed by atoms with Gasteiger partial charge in [0.25, 0.3) is 0 Å². The van der Waals surface area contributed by atoms with Gasteiger partial charge >= 0.3 is 6.36 Å². The molecule has 0 saturated carbocycles. The van der Waals surface area contributed by atoms with Gasteiger partial charge in [-0.1, -0.05) is 0 Å². The predicted molar refractivity (Wildman–Crippen MR) is 97.8 cm³/mol. The molecule has 0 aliphatic heterocycles. The van der Waals surface area contributed by atoms with Crippen molar-refractivity contribution < 1.29 is 22.3 Å². The van der Waals surface area contributed by atoms with Gasteiger partial charge in [0.15, 0.2) is 11.6 Å². The van der Waals surface area contributed by atoms with E-state index >= 15 is 0 Å². The number of halogens is 4. The molecule has 0 spiro atoms. The average Bonchev–Trinajstić information content (AvgIpc) is 2.97. The Bertz CT molecular complexity index is 1170. The second-order valence-electron chi connectivity index (χ2n) is 6.09. The Morgan fingerprint density at radius 3 is 2.48 bits per heavy atom. The van der Waals surface area contributed by atoms with Crippen molar-refractivity contribution in [3.05, 3.63) is 66.5 Å². The SMILES string of the molecule is Cc1nc2cc(F)ccc2n1-c1cncc(Nc2ccc(OC(F)(F)F)cc2)n1. The summed E-state index contributed by atoms with van der Waals surface area (Å²) >= 11 is 0. The number of nitrogens with one attached hydrogen (secondary N) is 1. The third-order valence-electron chi connectivity index (χ3n) is 4.00. The zero-order chi connectivity index (χ0) is 20.6. The van der Waals surface area contributed by atoms with Crippen LogP contribution in [0.15, 0.2) is 54.9 Å². The van der Waals surface area contributed by atoms with Gasteiger partial charge in [-0.25, -0.2) is 14.4 Å². The van der Waals surface area contributed by atoms with Crippen molar-refractivity contribution >= 4 is 22.5 Å². The van der Waals surface area contributed by atoms with Crippen LogP contribution >= 0.6 is 0 Å². The molecular weight excluding hydrogens is 390 g/mol. The summed E-state index contributed by atoms with van der Waals surface area (Å²) in [6, 6.07) is 9.50. The van der Waals surface area contributed by atoms with Crippen LogP contribution in [-0.4, -0.2) is 25.9 Å². The molecule has 0 aliphatic rings. The fourth-order valence-corrected chi connectivity index (χ4v) is 2.87. The first-order valence-corrected chi connectivity index (χ1v) is 8.38. The molecule has 0 fully saturated rings. The maximum Gasteiger partial charge on any atom is 0.573 e. The highest BCUT2D eigenvalue weighted by molar-refractivity contribution is 5.78. The Kier molecular flexibility index (Phi) is 4.53. The van der Waals surface area contributed by atoms with Crippen LogP contribution in [0.1, 0.15) is 5.82 Å². The molecule has 0 amide bonds. The number of fused-ring (bicyclic) bond motifs is 1. The number of hydrogen-bond donors (Lipinski definition) is 1. The van der Waals surface area contributed by atoms with Gasteiger partial charge in [-0.05, 0) is 43.3 Å². The van der Waals surface area contributed by atoms with Gasteiger partial charge < -0.3 is 10.1 Å². The number of nitrogens with zero attached hydrogens (tertiary/aromatic N) is 4. The summed E-state index contributed by atoms with van der Waals surface area (Å²) in [4.78, 5) is 12.9. The van der Waals surface area contributed by atoms with E-state index in [0.29, 0.717) is 34.2 Å². The lowest BCUT2D eigenvalue weighted by atomic mass is 10.3. The highest BCUT2D eigenvalue weighted by Crippen LogP contribution is 2.26. The fourth-order valence-electron chi connectivity index (χ4n) is 2.87. The normalized spacial score (nSPS) is 11.6. The summed E-state index contributed by atoms with van der Waals surface area (Å²) in [6.07, 6.45) is -1.75. The number of benzene rings is 2. The Morgan fingerprint density at radius 2 is 1.76 bits per heavy atom. The van der Waals surface area contributed by atoms with Crippen molar-refractivity contribution in [3.8, 4) is 11.6 Å². The standard InChI is InChI=1S/C19H13F4N5O/c1-11-25-15-8-12(20)2-7-16(15)28(11)18-10-24-9-17(27-18)26-13-3-5-14(6-4-13)29-19(21,22)23/h2-10H,1H3,(H,26,27). The minimum Gasteiger partial charge on any atom is -0.406 e. The molecule has 4 rings (SSSR count). The zero-order valence-electron chi connectivity index (χ0n) is 14.9. The molecule has 0 aliphatic carbocycles. The van der Waals surface area contributed by atoms with Crippen molar-refractivity contribution in [2.24, 2.45) is 0 Å². The quantitative estimate of drug-likeness (QED) is 0.491. The van der Waals surface area contributed by atoms with Gasteiger partial charge in [0, 0.05) is 11.8 Å². The molecule has 2 heterocycles. The average molecular weight is 403 g/mol. The van der Waals surface area contributed by atoms with Crippen molar-refractivity contribution in [3.63, 3.8) is 0 Å². The lowest BCUT2D eigenvalue weighted by molar-refractivity contribution is -0.274. The van der Waals surface area contributed by atoms with Gasteiger partial charge in [-0.2, -0.15) is 0 Å². The number of aryl methyl sites for hydroxylation is 1. The van der Waals surface area contributed by atoms with Gasteiger partial charge in [0.05, 0.1) is 23.4 Å². The van der Waals surface area contributed by atoms with Crippen LogP contribution in [0.2, 0.25) is 0 Å². The van der Waals surface area contributed by atoms with Crippen LogP contribution in [0.5, 0.6) is 5.75 Å². The van der Waals surface area contributed by atoms with Gasteiger partial charge in [0.2, 0.25) is 0 Å². The number of hydrogen-bond acceptors (Lipinski definition) is 5. The highest BCUT2D eigenvalue weighted by Gasteiger charge is 2.30. The Hall–Kier alpha value is -3.69. The third-order valence-corrected chi connectivity index (χ3v) is 4.00. The number of aromatic nitrogens is 4. The lowest BCUT2D eigenvalue weighted by Crippen LogP contribution is -2.16. The Morgan fingerprint density at radius 1 is 1.00 bits per heavy atom. The lowest BCUT2D eigenvalue weighted by Gasteiger charge is -2.11. The van der Waals surface area contributed by atoms with Crippen molar-refractivity contribution in [1.29, 1.82) is 0 Å². The number of rotatable bonds is 4. The largest absolute Gasteiger partial charge is 0.573 e. The summed E-state index contributed by atoms with van der Waals surface area (Å²) < 4.78 is 55.8. The second-order valence-corrected chi connectivity index (χ2v) is 6.09. The van der Waals surface area contributed by atoms with Crippen molar-refractivity contribution in [1.82, 2.24) is 19.5 Å². The molecule has 2 aromatic heterocycles. The molecule has 0 atom stereocenters. The van der Waals surface area contributed by atoms with Crippen LogP contribution in [0.25, 0.3) is 16.9 Å². The number of ether oxygens (including phenoxy) is 1. The van der Waals surface area contributed by atoms with E-state index < -0.39 is 6.36 Å². The molecule has 29 heavy (non-hydrogen) atoms. The van der Waals surface area contributed by atoms with Crippen molar-refractivity contribution in [2.75, 3.05) is 5.32 Å². The van der Waals surface area contributed by atoms with Crippen LogP contribution < -0.4 is 10.1 Å². The zero-order valence-corrected chi connectivity index (χ0v) is 14.9. The third kappa shape index (κ3) is 4.10. The minimum atomic E-state index is -4.75. The summed E-state index contributed by atoms with van der Waals surface area (Å²) in [7, 11) is 0. The first-order valence-electron chi connectivity index (χ1n) is 8.38. The molecule has 0 saturated heterocycles.